The van der Waals surface area contributed by atoms with E-state index in [0.717, 1.165) is 24.9 Å². The summed E-state index contributed by atoms with van der Waals surface area (Å²) in [6, 6.07) is 3.88. The first kappa shape index (κ1) is 14.0. The van der Waals surface area contributed by atoms with Crippen LogP contribution in [-0.2, 0) is 11.3 Å². The lowest BCUT2D eigenvalue weighted by Crippen LogP contribution is -2.44. The lowest BCUT2D eigenvalue weighted by atomic mass is 9.87. The fraction of sp³-hybridized carbons (Fsp3) is 0.600. The molecule has 2 rings (SSSR count). The van der Waals surface area contributed by atoms with Gasteiger partial charge < -0.3 is 10.2 Å². The molecule has 0 aromatic carbocycles. The van der Waals surface area contributed by atoms with Crippen LogP contribution in [0.1, 0.15) is 32.3 Å². The van der Waals surface area contributed by atoms with Gasteiger partial charge in [0.05, 0.1) is 6.04 Å². The quantitative estimate of drug-likeness (QED) is 0.902. The zero-order valence-electron chi connectivity index (χ0n) is 12.0. The largest absolute Gasteiger partial charge is 0.336 e. The summed E-state index contributed by atoms with van der Waals surface area (Å²) in [6.45, 7) is 5.91. The van der Waals surface area contributed by atoms with Gasteiger partial charge in [0.1, 0.15) is 0 Å². The Morgan fingerprint density at radius 2 is 2.32 bits per heavy atom. The highest BCUT2D eigenvalue weighted by Gasteiger charge is 2.33. The van der Waals surface area contributed by atoms with E-state index < -0.39 is 0 Å². The van der Waals surface area contributed by atoms with E-state index in [1.165, 1.54) is 0 Å². The maximum absolute atomic E-state index is 12.5. The first-order valence-corrected chi connectivity index (χ1v) is 6.87. The molecule has 0 aliphatic carbocycles. The van der Waals surface area contributed by atoms with Crippen molar-refractivity contribution in [3.8, 4) is 0 Å². The minimum absolute atomic E-state index is 0.0570. The highest BCUT2D eigenvalue weighted by atomic mass is 16.2. The average Bonchev–Trinajstić information content (AvgIpc) is 2.49. The molecule has 1 N–H and O–H groups in total. The number of nitrogens with zero attached hydrogens (tertiary/aromatic N) is 2. The molecule has 1 atom stereocenters. The van der Waals surface area contributed by atoms with Crippen molar-refractivity contribution in [3.63, 3.8) is 0 Å². The van der Waals surface area contributed by atoms with Crippen LogP contribution in [-0.4, -0.2) is 35.4 Å². The van der Waals surface area contributed by atoms with Crippen LogP contribution < -0.4 is 5.32 Å². The van der Waals surface area contributed by atoms with E-state index >= 15 is 0 Å². The second-order valence-electron chi connectivity index (χ2n) is 6.10. The molecule has 1 aromatic rings. The first-order chi connectivity index (χ1) is 9.02. The summed E-state index contributed by atoms with van der Waals surface area (Å²) >= 11 is 0. The number of rotatable bonds is 3. The van der Waals surface area contributed by atoms with Crippen LogP contribution in [0.15, 0.2) is 24.5 Å². The van der Waals surface area contributed by atoms with Crippen molar-refractivity contribution >= 4 is 5.91 Å². The third-order valence-corrected chi connectivity index (χ3v) is 3.78. The number of carbonyl (C=O) groups is 1. The lowest BCUT2D eigenvalue weighted by molar-refractivity contribution is -0.134. The Kier molecular flexibility index (Phi) is 4.20. The third-order valence-electron chi connectivity index (χ3n) is 3.78. The van der Waals surface area contributed by atoms with E-state index in [9.17, 15) is 4.79 Å². The molecule has 4 nitrogen and oxygen atoms in total. The SMILES string of the molecule is CNC1CCC(C)(C)CN(Cc2cccnc2)C1=O. The molecule has 0 saturated carbocycles. The molecule has 4 heteroatoms. The molecule has 1 aliphatic rings. The number of likely N-dealkylation sites (N-methyl/N-ethyl adjacent to an activating group) is 1. The molecule has 1 amide bonds. The third kappa shape index (κ3) is 3.53. The Morgan fingerprint density at radius 1 is 1.53 bits per heavy atom. The molecule has 19 heavy (non-hydrogen) atoms. The number of hydrogen-bond acceptors (Lipinski definition) is 3. The number of hydrogen-bond donors (Lipinski definition) is 1. The van der Waals surface area contributed by atoms with Gasteiger partial charge in [0.25, 0.3) is 0 Å². The highest BCUT2D eigenvalue weighted by molar-refractivity contribution is 5.82. The maximum Gasteiger partial charge on any atom is 0.240 e. The Bertz CT molecular complexity index is 430. The lowest BCUT2D eigenvalue weighted by Gasteiger charge is -2.30. The van der Waals surface area contributed by atoms with E-state index in [0.29, 0.717) is 6.54 Å². The number of carbonyl (C=O) groups excluding carboxylic acids is 1. The molecule has 0 spiro atoms. The van der Waals surface area contributed by atoms with Gasteiger partial charge in [0.15, 0.2) is 0 Å². The molecular weight excluding hydrogens is 238 g/mol. The zero-order valence-corrected chi connectivity index (χ0v) is 12.0. The Balaban J connectivity index is 2.17. The summed E-state index contributed by atoms with van der Waals surface area (Å²) < 4.78 is 0. The molecular formula is C15H23N3O. The van der Waals surface area contributed by atoms with Crippen LogP contribution in [0.5, 0.6) is 0 Å². The topological polar surface area (TPSA) is 45.2 Å². The number of nitrogens with one attached hydrogen (secondary N) is 1. The Labute approximate surface area is 115 Å². The minimum Gasteiger partial charge on any atom is -0.336 e. The Morgan fingerprint density at radius 3 is 2.95 bits per heavy atom. The fourth-order valence-corrected chi connectivity index (χ4v) is 2.67. The zero-order chi connectivity index (χ0) is 13.9. The molecule has 1 aromatic heterocycles. The van der Waals surface area contributed by atoms with E-state index in [1.54, 1.807) is 6.20 Å². The Hall–Kier alpha value is -1.42. The van der Waals surface area contributed by atoms with Crippen LogP contribution in [0.3, 0.4) is 0 Å². The van der Waals surface area contributed by atoms with Gasteiger partial charge in [-0.15, -0.1) is 0 Å². The summed E-state index contributed by atoms with van der Waals surface area (Å²) in [6.07, 6.45) is 5.56. The predicted octanol–water partition coefficient (Wildman–Crippen LogP) is 1.82. The number of pyridine rings is 1. The van der Waals surface area contributed by atoms with E-state index in [1.807, 2.05) is 30.3 Å². The van der Waals surface area contributed by atoms with Crippen LogP contribution in [0.25, 0.3) is 0 Å². The van der Waals surface area contributed by atoms with Crippen LogP contribution >= 0.6 is 0 Å². The van der Waals surface area contributed by atoms with Crippen molar-refractivity contribution in [2.45, 2.75) is 39.3 Å². The van der Waals surface area contributed by atoms with E-state index in [-0.39, 0.29) is 17.4 Å². The second kappa shape index (κ2) is 5.70. The van der Waals surface area contributed by atoms with Crippen molar-refractivity contribution < 1.29 is 4.79 Å². The summed E-state index contributed by atoms with van der Waals surface area (Å²) in [4.78, 5) is 18.6. The highest BCUT2D eigenvalue weighted by Crippen LogP contribution is 2.29. The van der Waals surface area contributed by atoms with Gasteiger partial charge in [-0.25, -0.2) is 0 Å². The van der Waals surface area contributed by atoms with E-state index in [4.69, 9.17) is 0 Å². The van der Waals surface area contributed by atoms with Gasteiger partial charge >= 0.3 is 0 Å². The molecule has 0 radical (unpaired) electrons. The normalized spacial score (nSPS) is 23.2. The molecule has 1 saturated heterocycles. The van der Waals surface area contributed by atoms with Crippen molar-refractivity contribution in [2.75, 3.05) is 13.6 Å². The minimum atomic E-state index is -0.0570. The molecule has 104 valence electrons. The molecule has 1 aliphatic heterocycles. The smallest absolute Gasteiger partial charge is 0.240 e. The summed E-state index contributed by atoms with van der Waals surface area (Å²) in [5.41, 5.74) is 1.26. The second-order valence-corrected chi connectivity index (χ2v) is 6.10. The molecule has 1 unspecified atom stereocenters. The average molecular weight is 261 g/mol. The van der Waals surface area contributed by atoms with Gasteiger partial charge in [-0.2, -0.15) is 0 Å². The number of amides is 1. The monoisotopic (exact) mass is 261 g/mol. The number of likely N-dealkylation sites (tertiary alicyclic amines) is 1. The predicted molar refractivity (Wildman–Crippen MR) is 75.5 cm³/mol. The number of aromatic nitrogens is 1. The van der Waals surface area contributed by atoms with Gasteiger partial charge in [-0.1, -0.05) is 19.9 Å². The van der Waals surface area contributed by atoms with Crippen molar-refractivity contribution in [1.29, 1.82) is 0 Å². The van der Waals surface area contributed by atoms with Crippen molar-refractivity contribution in [3.05, 3.63) is 30.1 Å². The van der Waals surface area contributed by atoms with E-state index in [2.05, 4.69) is 24.1 Å². The standard InChI is InChI=1S/C15H23N3O/c1-15(2)7-6-13(16-3)14(19)18(11-15)10-12-5-4-8-17-9-12/h4-5,8-9,13,16H,6-7,10-11H2,1-3H3. The maximum atomic E-state index is 12.5. The van der Waals surface area contributed by atoms with Gasteiger partial charge in [-0.3, -0.25) is 9.78 Å². The van der Waals surface area contributed by atoms with Crippen LogP contribution in [0, 0.1) is 5.41 Å². The van der Waals surface area contributed by atoms with Crippen molar-refractivity contribution in [1.82, 2.24) is 15.2 Å². The van der Waals surface area contributed by atoms with Gasteiger partial charge in [0, 0.05) is 25.5 Å². The van der Waals surface area contributed by atoms with Crippen LogP contribution in [0.4, 0.5) is 0 Å². The van der Waals surface area contributed by atoms with Gasteiger partial charge in [-0.05, 0) is 36.9 Å². The summed E-state index contributed by atoms with van der Waals surface area (Å²) in [5.74, 6) is 0.205. The van der Waals surface area contributed by atoms with Gasteiger partial charge in [0.2, 0.25) is 5.91 Å². The molecule has 0 bridgehead atoms. The summed E-state index contributed by atoms with van der Waals surface area (Å²) in [5, 5.41) is 3.14. The molecule has 1 fully saturated rings. The van der Waals surface area contributed by atoms with Crippen LogP contribution in [0.2, 0.25) is 0 Å². The fourth-order valence-electron chi connectivity index (χ4n) is 2.67. The van der Waals surface area contributed by atoms with Crippen molar-refractivity contribution in [2.24, 2.45) is 5.41 Å². The molecule has 2 heterocycles. The summed E-state index contributed by atoms with van der Waals surface area (Å²) in [7, 11) is 1.86. The first-order valence-electron chi connectivity index (χ1n) is 6.87.